The minimum Gasteiger partial charge on any atom is -0.334 e. The van der Waals surface area contributed by atoms with E-state index in [1.807, 2.05) is 0 Å². The number of amides is 2. The third kappa shape index (κ3) is 2.76. The van der Waals surface area contributed by atoms with Gasteiger partial charge in [-0.1, -0.05) is 0 Å². The van der Waals surface area contributed by atoms with Gasteiger partial charge in [0.05, 0.1) is 0 Å². The molecule has 1 aliphatic carbocycles. The molecule has 0 aromatic heterocycles. The number of carbonyl (C=O) groups excluding carboxylic acids is 1. The SMILES string of the molecule is CN(C)NC(=O)NC1CCC1. The number of hydrogen-bond donors (Lipinski definition) is 2. The summed E-state index contributed by atoms with van der Waals surface area (Å²) in [6, 6.07) is 0.314. The minimum absolute atomic E-state index is 0.0975. The van der Waals surface area contributed by atoms with E-state index in [0.717, 1.165) is 12.8 Å². The van der Waals surface area contributed by atoms with Gasteiger partial charge >= 0.3 is 6.03 Å². The summed E-state index contributed by atoms with van der Waals surface area (Å²) in [5.41, 5.74) is 2.63. The minimum atomic E-state index is -0.0975. The van der Waals surface area contributed by atoms with Crippen LogP contribution >= 0.6 is 0 Å². The Labute approximate surface area is 66.9 Å². The third-order valence-corrected chi connectivity index (χ3v) is 1.77. The summed E-state index contributed by atoms with van der Waals surface area (Å²) in [6.45, 7) is 0. The van der Waals surface area contributed by atoms with E-state index in [2.05, 4.69) is 10.7 Å². The molecule has 0 radical (unpaired) electrons. The molecular formula is C7H15N3O. The average molecular weight is 157 g/mol. The van der Waals surface area contributed by atoms with Crippen molar-refractivity contribution >= 4 is 6.03 Å². The van der Waals surface area contributed by atoms with Crippen LogP contribution in [-0.4, -0.2) is 31.2 Å². The van der Waals surface area contributed by atoms with Crippen molar-refractivity contribution in [1.82, 2.24) is 15.8 Å². The van der Waals surface area contributed by atoms with Crippen LogP contribution in [0.2, 0.25) is 0 Å². The second-order valence-electron chi connectivity index (χ2n) is 3.11. The monoisotopic (exact) mass is 157 g/mol. The lowest BCUT2D eigenvalue weighted by molar-refractivity contribution is 0.201. The molecule has 0 saturated heterocycles. The van der Waals surface area contributed by atoms with E-state index in [9.17, 15) is 4.79 Å². The lowest BCUT2D eigenvalue weighted by Gasteiger charge is -2.27. The molecule has 1 fully saturated rings. The van der Waals surface area contributed by atoms with Crippen LogP contribution in [0.3, 0.4) is 0 Å². The molecule has 0 bridgehead atoms. The zero-order valence-electron chi connectivity index (χ0n) is 7.05. The predicted molar refractivity (Wildman–Crippen MR) is 43.0 cm³/mol. The maximum Gasteiger partial charge on any atom is 0.329 e. The van der Waals surface area contributed by atoms with Gasteiger partial charge in [0.25, 0.3) is 0 Å². The van der Waals surface area contributed by atoms with E-state index in [4.69, 9.17) is 0 Å². The summed E-state index contributed by atoms with van der Waals surface area (Å²) in [5, 5.41) is 4.49. The molecule has 0 spiro atoms. The van der Waals surface area contributed by atoms with Crippen molar-refractivity contribution in [3.63, 3.8) is 0 Å². The lowest BCUT2D eigenvalue weighted by Crippen LogP contribution is -2.49. The van der Waals surface area contributed by atoms with Crippen molar-refractivity contribution in [2.45, 2.75) is 25.3 Å². The quantitative estimate of drug-likeness (QED) is 0.567. The van der Waals surface area contributed by atoms with Crippen LogP contribution in [0.25, 0.3) is 0 Å². The number of hydrazine groups is 1. The molecule has 1 saturated carbocycles. The topological polar surface area (TPSA) is 44.4 Å². The number of nitrogens with one attached hydrogen (secondary N) is 2. The molecule has 0 unspecified atom stereocenters. The molecule has 0 aromatic carbocycles. The molecule has 2 N–H and O–H groups in total. The number of nitrogens with zero attached hydrogens (tertiary/aromatic N) is 1. The van der Waals surface area contributed by atoms with Gasteiger partial charge in [0, 0.05) is 20.1 Å². The molecule has 4 heteroatoms. The fourth-order valence-electron chi connectivity index (χ4n) is 0.973. The first kappa shape index (κ1) is 8.33. The van der Waals surface area contributed by atoms with Crippen LogP contribution in [0.4, 0.5) is 4.79 Å². The second kappa shape index (κ2) is 3.57. The van der Waals surface area contributed by atoms with Crippen molar-refractivity contribution in [1.29, 1.82) is 0 Å². The summed E-state index contributed by atoms with van der Waals surface area (Å²) in [5.74, 6) is 0. The van der Waals surface area contributed by atoms with Crippen LogP contribution in [0.15, 0.2) is 0 Å². The number of rotatable bonds is 2. The molecule has 0 aromatic rings. The Balaban J connectivity index is 2.09. The predicted octanol–water partition coefficient (Wildman–Crippen LogP) is 0.315. The van der Waals surface area contributed by atoms with Crippen molar-refractivity contribution in [2.24, 2.45) is 0 Å². The first-order valence-corrected chi connectivity index (χ1v) is 3.93. The Hall–Kier alpha value is -0.770. The van der Waals surface area contributed by atoms with E-state index in [1.165, 1.54) is 6.42 Å². The van der Waals surface area contributed by atoms with Crippen molar-refractivity contribution in [2.75, 3.05) is 14.1 Å². The molecule has 0 aliphatic heterocycles. The van der Waals surface area contributed by atoms with Gasteiger partial charge in [-0.05, 0) is 19.3 Å². The number of hydrogen-bond acceptors (Lipinski definition) is 2. The molecule has 4 nitrogen and oxygen atoms in total. The molecule has 0 heterocycles. The summed E-state index contributed by atoms with van der Waals surface area (Å²) < 4.78 is 0. The van der Waals surface area contributed by atoms with Crippen LogP contribution in [0, 0.1) is 0 Å². The Morgan fingerprint density at radius 2 is 2.09 bits per heavy atom. The molecule has 11 heavy (non-hydrogen) atoms. The Kier molecular flexibility index (Phi) is 2.70. The van der Waals surface area contributed by atoms with Crippen LogP contribution in [0.1, 0.15) is 19.3 Å². The van der Waals surface area contributed by atoms with Gasteiger partial charge in [0.1, 0.15) is 0 Å². The van der Waals surface area contributed by atoms with Crippen LogP contribution in [-0.2, 0) is 0 Å². The largest absolute Gasteiger partial charge is 0.334 e. The molecule has 64 valence electrons. The van der Waals surface area contributed by atoms with Gasteiger partial charge in [-0.2, -0.15) is 0 Å². The van der Waals surface area contributed by atoms with Crippen molar-refractivity contribution in [3.05, 3.63) is 0 Å². The zero-order valence-corrected chi connectivity index (χ0v) is 7.05. The maximum atomic E-state index is 11.0. The van der Waals surface area contributed by atoms with Gasteiger partial charge in [0.2, 0.25) is 0 Å². The smallest absolute Gasteiger partial charge is 0.329 e. The van der Waals surface area contributed by atoms with Gasteiger partial charge in [-0.25, -0.2) is 9.80 Å². The summed E-state index contributed by atoms with van der Waals surface area (Å²) in [7, 11) is 3.58. The molecule has 0 atom stereocenters. The zero-order chi connectivity index (χ0) is 8.27. The van der Waals surface area contributed by atoms with E-state index in [-0.39, 0.29) is 6.03 Å². The van der Waals surface area contributed by atoms with Crippen molar-refractivity contribution < 1.29 is 4.79 Å². The second-order valence-corrected chi connectivity index (χ2v) is 3.11. The molecular weight excluding hydrogens is 142 g/mol. The molecule has 1 rings (SSSR count). The van der Waals surface area contributed by atoms with E-state index < -0.39 is 0 Å². The van der Waals surface area contributed by atoms with Crippen LogP contribution < -0.4 is 10.7 Å². The van der Waals surface area contributed by atoms with Gasteiger partial charge in [0.15, 0.2) is 0 Å². The van der Waals surface area contributed by atoms with Gasteiger partial charge in [-0.3, -0.25) is 5.43 Å². The van der Waals surface area contributed by atoms with E-state index in [1.54, 1.807) is 19.1 Å². The fraction of sp³-hybridized carbons (Fsp3) is 0.857. The number of urea groups is 1. The third-order valence-electron chi connectivity index (χ3n) is 1.77. The van der Waals surface area contributed by atoms with E-state index in [0.29, 0.717) is 6.04 Å². The van der Waals surface area contributed by atoms with Crippen molar-refractivity contribution in [3.8, 4) is 0 Å². The first-order chi connectivity index (χ1) is 5.18. The Bertz CT molecular complexity index is 143. The lowest BCUT2D eigenvalue weighted by atomic mass is 9.93. The highest BCUT2D eigenvalue weighted by atomic mass is 16.2. The molecule has 2 amide bonds. The van der Waals surface area contributed by atoms with E-state index >= 15 is 0 Å². The highest BCUT2D eigenvalue weighted by molar-refractivity contribution is 5.73. The first-order valence-electron chi connectivity index (χ1n) is 3.93. The average Bonchev–Trinajstić information content (AvgIpc) is 1.77. The highest BCUT2D eigenvalue weighted by Gasteiger charge is 2.18. The van der Waals surface area contributed by atoms with Gasteiger partial charge < -0.3 is 5.32 Å². The standard InChI is InChI=1S/C7H15N3O/c1-10(2)9-7(11)8-6-4-3-5-6/h6H,3-5H2,1-2H3,(H2,8,9,11). The summed E-state index contributed by atoms with van der Waals surface area (Å²) >= 11 is 0. The fourth-order valence-corrected chi connectivity index (χ4v) is 0.973. The normalized spacial score (nSPS) is 17.7. The molecule has 1 aliphatic rings. The van der Waals surface area contributed by atoms with Crippen LogP contribution in [0.5, 0.6) is 0 Å². The summed E-state index contributed by atoms with van der Waals surface area (Å²) in [6.07, 6.45) is 3.49. The number of carbonyl (C=O) groups is 1. The maximum absolute atomic E-state index is 11.0. The summed E-state index contributed by atoms with van der Waals surface area (Å²) in [4.78, 5) is 11.0. The Morgan fingerprint density at radius 1 is 1.45 bits per heavy atom. The highest BCUT2D eigenvalue weighted by Crippen LogP contribution is 2.17. The van der Waals surface area contributed by atoms with Gasteiger partial charge in [-0.15, -0.1) is 0 Å². The Morgan fingerprint density at radius 3 is 2.45 bits per heavy atom.